The number of aromatic amines is 1. The third kappa shape index (κ3) is 3.15. The van der Waals surface area contributed by atoms with Crippen molar-refractivity contribution < 1.29 is 10.2 Å². The van der Waals surface area contributed by atoms with Gasteiger partial charge in [0.2, 0.25) is 0 Å². The number of allylic oxidation sites excluding steroid dienone is 1. The monoisotopic (exact) mass is 212 g/mol. The van der Waals surface area contributed by atoms with Crippen LogP contribution in [0.15, 0.2) is 33.5 Å². The van der Waals surface area contributed by atoms with Crippen molar-refractivity contribution >= 4 is 5.82 Å². The van der Waals surface area contributed by atoms with E-state index in [0.29, 0.717) is 5.70 Å². The maximum absolute atomic E-state index is 11.2. The molecule has 7 heteroatoms. The molecule has 82 valence electrons. The fourth-order valence-corrected chi connectivity index (χ4v) is 0.945. The molecule has 0 saturated carbocycles. The summed E-state index contributed by atoms with van der Waals surface area (Å²) in [6, 6.07) is 0. The summed E-state index contributed by atoms with van der Waals surface area (Å²) < 4.78 is 1.07. The van der Waals surface area contributed by atoms with Crippen molar-refractivity contribution in [2.75, 3.05) is 0 Å². The van der Waals surface area contributed by atoms with Crippen LogP contribution in [0.1, 0.15) is 6.92 Å². The average Bonchev–Trinajstić information content (AvgIpc) is 2.44. The number of H-pyrrole nitrogens is 1. The highest BCUT2D eigenvalue weighted by molar-refractivity contribution is 5.23. The first-order valence-electron chi connectivity index (χ1n) is 4.22. The van der Waals surface area contributed by atoms with E-state index in [2.05, 4.69) is 21.8 Å². The quantitative estimate of drug-likeness (QED) is 0.487. The molecular weight excluding hydrogens is 200 g/mol. The van der Waals surface area contributed by atoms with Gasteiger partial charge in [0.05, 0.1) is 18.4 Å². The molecule has 7 nitrogen and oxygen atoms in total. The van der Waals surface area contributed by atoms with Crippen LogP contribution >= 0.6 is 0 Å². The Bertz CT molecular complexity index is 429. The first-order valence-corrected chi connectivity index (χ1v) is 4.22. The number of aliphatic hydroxyl groups excluding tert-OH is 1. The molecule has 0 bridgehead atoms. The maximum Gasteiger partial charge on any atom is 0.327 e. The molecule has 0 amide bonds. The van der Waals surface area contributed by atoms with E-state index in [1.54, 1.807) is 6.92 Å². The summed E-state index contributed by atoms with van der Waals surface area (Å²) in [5.74, 6) is 0.219. The predicted octanol–water partition coefficient (Wildman–Crippen LogP) is 0.104. The second-order valence-corrected chi connectivity index (χ2v) is 2.98. The Labute approximate surface area is 85.4 Å². The van der Waals surface area contributed by atoms with Crippen LogP contribution < -0.4 is 5.69 Å². The van der Waals surface area contributed by atoms with E-state index >= 15 is 0 Å². The average molecular weight is 212 g/mol. The SMILES string of the molecule is C=C(C)N=Nc1c[nH]c(=O)n1CC(O)O. The Morgan fingerprint density at radius 2 is 2.40 bits per heavy atom. The molecule has 15 heavy (non-hydrogen) atoms. The zero-order valence-corrected chi connectivity index (χ0v) is 8.21. The number of aliphatic hydroxyl groups is 2. The Morgan fingerprint density at radius 3 is 2.93 bits per heavy atom. The van der Waals surface area contributed by atoms with Crippen molar-refractivity contribution in [3.63, 3.8) is 0 Å². The first-order chi connectivity index (χ1) is 7.00. The molecule has 0 saturated heterocycles. The fraction of sp³-hybridized carbons (Fsp3) is 0.375. The second-order valence-electron chi connectivity index (χ2n) is 2.98. The lowest BCUT2D eigenvalue weighted by atomic mass is 10.6. The number of hydrogen-bond donors (Lipinski definition) is 3. The van der Waals surface area contributed by atoms with Gasteiger partial charge in [0.1, 0.15) is 0 Å². The molecule has 1 aromatic heterocycles. The van der Waals surface area contributed by atoms with E-state index < -0.39 is 12.0 Å². The van der Waals surface area contributed by atoms with Crippen LogP contribution in [-0.4, -0.2) is 26.1 Å². The number of nitrogens with zero attached hydrogens (tertiary/aromatic N) is 3. The molecule has 1 heterocycles. The van der Waals surface area contributed by atoms with Gasteiger partial charge in [0, 0.05) is 0 Å². The lowest BCUT2D eigenvalue weighted by Gasteiger charge is -2.04. The number of azo groups is 1. The fourth-order valence-electron chi connectivity index (χ4n) is 0.945. The molecule has 0 aromatic carbocycles. The van der Waals surface area contributed by atoms with Crippen molar-refractivity contribution in [2.45, 2.75) is 19.8 Å². The topological polar surface area (TPSA) is 103 Å². The molecule has 3 N–H and O–H groups in total. The molecule has 0 spiro atoms. The minimum absolute atomic E-state index is 0.219. The molecule has 0 fully saturated rings. The normalized spacial score (nSPS) is 11.5. The van der Waals surface area contributed by atoms with Gasteiger partial charge in [0.25, 0.3) is 0 Å². The number of nitrogens with one attached hydrogen (secondary N) is 1. The van der Waals surface area contributed by atoms with Gasteiger partial charge in [-0.15, -0.1) is 5.11 Å². The molecular formula is C8H12N4O3. The summed E-state index contributed by atoms with van der Waals surface area (Å²) in [6.45, 7) is 4.91. The van der Waals surface area contributed by atoms with Gasteiger partial charge in [-0.2, -0.15) is 5.11 Å². The smallest absolute Gasteiger partial charge is 0.327 e. The number of aromatic nitrogens is 2. The van der Waals surface area contributed by atoms with E-state index in [1.807, 2.05) is 0 Å². The summed E-state index contributed by atoms with van der Waals surface area (Å²) >= 11 is 0. The Balaban J connectivity index is 2.98. The zero-order valence-electron chi connectivity index (χ0n) is 8.21. The van der Waals surface area contributed by atoms with E-state index in [0.717, 1.165) is 4.57 Å². The predicted molar refractivity (Wildman–Crippen MR) is 52.6 cm³/mol. The van der Waals surface area contributed by atoms with Crippen molar-refractivity contribution in [1.29, 1.82) is 0 Å². The van der Waals surface area contributed by atoms with E-state index in [-0.39, 0.29) is 12.4 Å². The van der Waals surface area contributed by atoms with E-state index in [1.165, 1.54) is 6.20 Å². The maximum atomic E-state index is 11.2. The van der Waals surface area contributed by atoms with Gasteiger partial charge in [-0.05, 0) is 6.92 Å². The largest absolute Gasteiger partial charge is 0.367 e. The highest BCUT2D eigenvalue weighted by Gasteiger charge is 2.08. The Hall–Kier alpha value is -1.73. The number of hydrogen-bond acceptors (Lipinski definition) is 5. The van der Waals surface area contributed by atoms with Crippen molar-refractivity contribution in [2.24, 2.45) is 10.2 Å². The summed E-state index contributed by atoms with van der Waals surface area (Å²) in [5, 5.41) is 24.9. The zero-order chi connectivity index (χ0) is 11.4. The third-order valence-corrected chi connectivity index (χ3v) is 1.52. The molecule has 0 aliphatic carbocycles. The van der Waals surface area contributed by atoms with E-state index in [4.69, 9.17) is 10.2 Å². The lowest BCUT2D eigenvalue weighted by Crippen LogP contribution is -2.24. The van der Waals surface area contributed by atoms with Crippen LogP contribution in [0.3, 0.4) is 0 Å². The van der Waals surface area contributed by atoms with E-state index in [9.17, 15) is 4.79 Å². The number of imidazole rings is 1. The van der Waals surface area contributed by atoms with Gasteiger partial charge >= 0.3 is 5.69 Å². The standard InChI is InChI=1S/C8H12N4O3/c1-5(2)10-11-6-3-9-8(15)12(6)4-7(13)14/h3,7,13-14H,1,4H2,2H3,(H,9,15). The second kappa shape index (κ2) is 4.67. The highest BCUT2D eigenvalue weighted by atomic mass is 16.5. The van der Waals surface area contributed by atoms with Crippen molar-refractivity contribution in [1.82, 2.24) is 9.55 Å². The van der Waals surface area contributed by atoms with Crippen molar-refractivity contribution in [3.05, 3.63) is 29.0 Å². The molecule has 0 unspecified atom stereocenters. The summed E-state index contributed by atoms with van der Waals surface area (Å²) in [5.41, 5.74) is 0.0125. The highest BCUT2D eigenvalue weighted by Crippen LogP contribution is 2.10. The molecule has 0 atom stereocenters. The van der Waals surface area contributed by atoms with Crippen LogP contribution in [0, 0.1) is 0 Å². The lowest BCUT2D eigenvalue weighted by molar-refractivity contribution is -0.0515. The van der Waals surface area contributed by atoms with Gasteiger partial charge in [0.15, 0.2) is 12.1 Å². The van der Waals surface area contributed by atoms with Gasteiger partial charge in [-0.1, -0.05) is 6.58 Å². The Morgan fingerprint density at radius 1 is 1.73 bits per heavy atom. The van der Waals surface area contributed by atoms with Crippen molar-refractivity contribution in [3.8, 4) is 0 Å². The summed E-state index contributed by atoms with van der Waals surface area (Å²) in [4.78, 5) is 13.5. The van der Waals surface area contributed by atoms with Crippen LogP contribution in [0.4, 0.5) is 5.82 Å². The van der Waals surface area contributed by atoms with Crippen LogP contribution in [-0.2, 0) is 6.54 Å². The van der Waals surface area contributed by atoms with Crippen LogP contribution in [0.2, 0.25) is 0 Å². The third-order valence-electron chi connectivity index (χ3n) is 1.52. The Kier molecular flexibility index (Phi) is 3.53. The minimum Gasteiger partial charge on any atom is -0.367 e. The first kappa shape index (κ1) is 11.3. The summed E-state index contributed by atoms with van der Waals surface area (Å²) in [6.07, 6.45) is -0.283. The molecule has 0 aliphatic heterocycles. The molecule has 1 rings (SSSR count). The number of rotatable bonds is 4. The molecule has 1 aromatic rings. The minimum atomic E-state index is -1.61. The summed E-state index contributed by atoms with van der Waals surface area (Å²) in [7, 11) is 0. The molecule has 0 radical (unpaired) electrons. The molecule has 0 aliphatic rings. The van der Waals surface area contributed by atoms with Gasteiger partial charge < -0.3 is 15.2 Å². The van der Waals surface area contributed by atoms with Gasteiger partial charge in [-0.25, -0.2) is 4.79 Å². The van der Waals surface area contributed by atoms with Crippen LogP contribution in [0.5, 0.6) is 0 Å². The van der Waals surface area contributed by atoms with Gasteiger partial charge in [-0.3, -0.25) is 4.57 Å². The van der Waals surface area contributed by atoms with Crippen LogP contribution in [0.25, 0.3) is 0 Å².